The molecule has 0 aliphatic heterocycles. The third kappa shape index (κ3) is 3.23. The van der Waals surface area contributed by atoms with E-state index in [1.807, 2.05) is 6.07 Å². The maximum Gasteiger partial charge on any atom is 0.255 e. The molecule has 0 aliphatic carbocycles. The summed E-state index contributed by atoms with van der Waals surface area (Å²) in [6.45, 7) is 0.206. The Morgan fingerprint density at radius 2 is 2.00 bits per heavy atom. The highest BCUT2D eigenvalue weighted by Gasteiger charge is 2.14. The van der Waals surface area contributed by atoms with E-state index in [0.717, 1.165) is 5.39 Å². The van der Waals surface area contributed by atoms with Crippen molar-refractivity contribution in [3.8, 4) is 5.75 Å². The molecule has 2 aromatic carbocycles. The number of amides is 1. The second-order valence-corrected chi connectivity index (χ2v) is 5.80. The molecule has 0 radical (unpaired) electrons. The number of aromatic nitrogens is 1. The lowest BCUT2D eigenvalue weighted by atomic mass is 10.1. The second-order valence-electron chi connectivity index (χ2n) is 4.96. The van der Waals surface area contributed by atoms with Gasteiger partial charge in [0.15, 0.2) is 5.75 Å². The van der Waals surface area contributed by atoms with Crippen LogP contribution >= 0.6 is 23.2 Å². The predicted molar refractivity (Wildman–Crippen MR) is 91.0 cm³/mol. The minimum absolute atomic E-state index is 0.141. The van der Waals surface area contributed by atoms with E-state index in [4.69, 9.17) is 23.2 Å². The number of halogens is 2. The van der Waals surface area contributed by atoms with Gasteiger partial charge in [0.25, 0.3) is 5.91 Å². The van der Waals surface area contributed by atoms with E-state index in [1.54, 1.807) is 42.6 Å². The van der Waals surface area contributed by atoms with Crippen LogP contribution in [0.2, 0.25) is 10.0 Å². The summed E-state index contributed by atoms with van der Waals surface area (Å²) in [5.41, 5.74) is 1.25. The number of rotatable bonds is 3. The van der Waals surface area contributed by atoms with Crippen LogP contribution in [0.5, 0.6) is 5.75 Å². The molecule has 0 spiro atoms. The molecule has 0 atom stereocenters. The number of fused-ring (bicyclic) bond motifs is 1. The number of nitrogens with zero attached hydrogens (tertiary/aromatic N) is 1. The molecule has 0 unspecified atom stereocenters. The summed E-state index contributed by atoms with van der Waals surface area (Å²) in [4.78, 5) is 16.4. The molecule has 0 bridgehead atoms. The van der Waals surface area contributed by atoms with Crippen molar-refractivity contribution in [2.24, 2.45) is 0 Å². The molecule has 23 heavy (non-hydrogen) atoms. The van der Waals surface area contributed by atoms with Crippen LogP contribution in [0.1, 0.15) is 15.9 Å². The molecule has 3 aromatic rings. The first-order valence-corrected chi connectivity index (χ1v) is 7.60. The number of benzene rings is 2. The molecule has 1 aromatic heterocycles. The van der Waals surface area contributed by atoms with Crippen molar-refractivity contribution in [1.29, 1.82) is 0 Å². The van der Waals surface area contributed by atoms with Crippen molar-refractivity contribution < 1.29 is 9.90 Å². The van der Waals surface area contributed by atoms with Gasteiger partial charge in [-0.2, -0.15) is 0 Å². The molecule has 116 valence electrons. The number of aromatic hydroxyl groups is 1. The van der Waals surface area contributed by atoms with Crippen LogP contribution in [-0.4, -0.2) is 16.0 Å². The van der Waals surface area contributed by atoms with Crippen LogP contribution < -0.4 is 5.32 Å². The van der Waals surface area contributed by atoms with Crippen molar-refractivity contribution >= 4 is 40.0 Å². The standard InChI is InChI=1S/C17H12Cl2N2O2/c18-12-4-6-14(19)11(8-12)9-21-17(23)13-5-3-10-2-1-7-20-15(10)16(13)22/h1-8,22H,9H2,(H,21,23). The van der Waals surface area contributed by atoms with Gasteiger partial charge in [-0.25, -0.2) is 0 Å². The molecule has 0 saturated heterocycles. The van der Waals surface area contributed by atoms with Gasteiger partial charge in [-0.1, -0.05) is 35.3 Å². The summed E-state index contributed by atoms with van der Waals surface area (Å²) in [6.07, 6.45) is 1.56. The smallest absolute Gasteiger partial charge is 0.255 e. The fourth-order valence-electron chi connectivity index (χ4n) is 2.26. The lowest BCUT2D eigenvalue weighted by Crippen LogP contribution is -2.23. The number of phenols is 1. The summed E-state index contributed by atoms with van der Waals surface area (Å²) in [5, 5.41) is 14.8. The fourth-order valence-corrected chi connectivity index (χ4v) is 2.64. The number of hydrogen-bond donors (Lipinski definition) is 2. The Morgan fingerprint density at radius 3 is 2.83 bits per heavy atom. The predicted octanol–water partition coefficient (Wildman–Crippen LogP) is 4.18. The van der Waals surface area contributed by atoms with Crippen molar-refractivity contribution in [2.45, 2.75) is 6.54 Å². The first kappa shape index (κ1) is 15.6. The molecule has 4 nitrogen and oxygen atoms in total. The molecule has 3 rings (SSSR count). The van der Waals surface area contributed by atoms with Gasteiger partial charge in [-0.05, 0) is 35.9 Å². The Kier molecular flexibility index (Phi) is 4.37. The molecular weight excluding hydrogens is 335 g/mol. The zero-order valence-corrected chi connectivity index (χ0v) is 13.4. The van der Waals surface area contributed by atoms with Gasteiger partial charge in [0.05, 0.1) is 5.56 Å². The Bertz CT molecular complexity index is 897. The minimum atomic E-state index is -0.411. The molecule has 2 N–H and O–H groups in total. The number of hydrogen-bond acceptors (Lipinski definition) is 3. The summed E-state index contributed by atoms with van der Waals surface area (Å²) in [7, 11) is 0. The normalized spacial score (nSPS) is 10.7. The van der Waals surface area contributed by atoms with Gasteiger partial charge in [-0.3, -0.25) is 9.78 Å². The third-order valence-electron chi connectivity index (χ3n) is 3.44. The first-order chi connectivity index (χ1) is 11.1. The topological polar surface area (TPSA) is 62.2 Å². The molecule has 1 heterocycles. The quantitative estimate of drug-likeness (QED) is 0.747. The van der Waals surface area contributed by atoms with Gasteiger partial charge in [0.2, 0.25) is 0 Å². The van der Waals surface area contributed by atoms with Crippen LogP contribution in [0.4, 0.5) is 0 Å². The Morgan fingerprint density at radius 1 is 1.17 bits per heavy atom. The number of carbonyl (C=O) groups is 1. The SMILES string of the molecule is O=C(NCc1cc(Cl)ccc1Cl)c1ccc2cccnc2c1O. The number of nitrogens with one attached hydrogen (secondary N) is 1. The Balaban J connectivity index is 1.83. The van der Waals surface area contributed by atoms with Gasteiger partial charge in [0.1, 0.15) is 5.52 Å². The summed E-state index contributed by atoms with van der Waals surface area (Å²) in [5.74, 6) is -0.552. The largest absolute Gasteiger partial charge is 0.505 e. The van der Waals surface area contributed by atoms with Gasteiger partial charge in [0, 0.05) is 28.2 Å². The van der Waals surface area contributed by atoms with Gasteiger partial charge >= 0.3 is 0 Å². The number of pyridine rings is 1. The first-order valence-electron chi connectivity index (χ1n) is 6.85. The van der Waals surface area contributed by atoms with Gasteiger partial charge in [-0.15, -0.1) is 0 Å². The van der Waals surface area contributed by atoms with E-state index in [2.05, 4.69) is 10.3 Å². The third-order valence-corrected chi connectivity index (χ3v) is 4.04. The highest BCUT2D eigenvalue weighted by Crippen LogP contribution is 2.27. The van der Waals surface area contributed by atoms with Crippen LogP contribution in [-0.2, 0) is 6.54 Å². The zero-order chi connectivity index (χ0) is 16.4. The van der Waals surface area contributed by atoms with Crippen LogP contribution in [0, 0.1) is 0 Å². The van der Waals surface area contributed by atoms with E-state index >= 15 is 0 Å². The highest BCUT2D eigenvalue weighted by atomic mass is 35.5. The molecule has 0 aliphatic rings. The maximum absolute atomic E-state index is 12.3. The maximum atomic E-state index is 12.3. The molecule has 0 fully saturated rings. The lowest BCUT2D eigenvalue weighted by Gasteiger charge is -2.10. The van der Waals surface area contributed by atoms with E-state index in [0.29, 0.717) is 21.1 Å². The van der Waals surface area contributed by atoms with Crippen LogP contribution in [0.15, 0.2) is 48.7 Å². The molecule has 1 amide bonds. The number of phenolic OH excluding ortho intramolecular Hbond substituents is 1. The average molecular weight is 347 g/mol. The van der Waals surface area contributed by atoms with E-state index in [1.165, 1.54) is 0 Å². The molecule has 6 heteroatoms. The highest BCUT2D eigenvalue weighted by molar-refractivity contribution is 6.33. The Hall–Kier alpha value is -2.30. The fraction of sp³-hybridized carbons (Fsp3) is 0.0588. The number of carbonyl (C=O) groups excluding carboxylic acids is 1. The zero-order valence-electron chi connectivity index (χ0n) is 11.9. The summed E-state index contributed by atoms with van der Waals surface area (Å²) in [6, 6.07) is 11.9. The second kappa shape index (κ2) is 6.44. The van der Waals surface area contributed by atoms with Crippen LogP contribution in [0.3, 0.4) is 0 Å². The summed E-state index contributed by atoms with van der Waals surface area (Å²) >= 11 is 12.0. The van der Waals surface area contributed by atoms with E-state index < -0.39 is 5.91 Å². The Labute approximate surface area is 142 Å². The molecule has 0 saturated carbocycles. The van der Waals surface area contributed by atoms with Crippen LogP contribution in [0.25, 0.3) is 10.9 Å². The van der Waals surface area contributed by atoms with E-state index in [9.17, 15) is 9.90 Å². The van der Waals surface area contributed by atoms with Gasteiger partial charge < -0.3 is 10.4 Å². The van der Waals surface area contributed by atoms with E-state index in [-0.39, 0.29) is 17.9 Å². The molecular formula is C17H12Cl2N2O2. The lowest BCUT2D eigenvalue weighted by molar-refractivity contribution is 0.0948. The van der Waals surface area contributed by atoms with Crippen molar-refractivity contribution in [3.05, 3.63) is 69.8 Å². The average Bonchev–Trinajstić information content (AvgIpc) is 2.56. The monoisotopic (exact) mass is 346 g/mol. The van der Waals surface area contributed by atoms with Crippen molar-refractivity contribution in [2.75, 3.05) is 0 Å². The van der Waals surface area contributed by atoms with Crippen molar-refractivity contribution in [1.82, 2.24) is 10.3 Å². The minimum Gasteiger partial charge on any atom is -0.505 e. The summed E-state index contributed by atoms with van der Waals surface area (Å²) < 4.78 is 0. The van der Waals surface area contributed by atoms with Crippen molar-refractivity contribution in [3.63, 3.8) is 0 Å².